The number of nitrogens with one attached hydrogen (secondary N) is 1. The Morgan fingerprint density at radius 2 is 2.14 bits per heavy atom. The van der Waals surface area contributed by atoms with Crippen LogP contribution in [0.4, 0.5) is 10.1 Å². The molecule has 118 valence electrons. The minimum absolute atomic E-state index is 0.0590. The van der Waals surface area contributed by atoms with Gasteiger partial charge in [-0.05, 0) is 29.6 Å². The molecule has 1 amide bonds. The predicted molar refractivity (Wildman–Crippen MR) is 84.2 cm³/mol. The van der Waals surface area contributed by atoms with Gasteiger partial charge in [0.25, 0.3) is 10.0 Å². The molecule has 0 saturated carbocycles. The standard InChI is InChI=1S/C13H12ClFN2O3S2/c1-17(22(19,20)13-3-2-6-21-13)8-12(18)16-11-5-4-9(14)7-10(11)15/h2-7H,8H2,1H3,(H,16,18). The quantitative estimate of drug-likeness (QED) is 0.889. The van der Waals surface area contributed by atoms with Crippen LogP contribution < -0.4 is 5.32 Å². The molecule has 0 unspecified atom stereocenters. The van der Waals surface area contributed by atoms with E-state index in [1.807, 2.05) is 0 Å². The molecular weight excluding hydrogens is 351 g/mol. The van der Waals surface area contributed by atoms with Crippen molar-refractivity contribution in [3.63, 3.8) is 0 Å². The van der Waals surface area contributed by atoms with E-state index in [1.165, 1.54) is 25.2 Å². The summed E-state index contributed by atoms with van der Waals surface area (Å²) in [5, 5.41) is 4.14. The number of benzene rings is 1. The highest BCUT2D eigenvalue weighted by atomic mass is 35.5. The van der Waals surface area contributed by atoms with Crippen LogP contribution in [0.3, 0.4) is 0 Å². The van der Waals surface area contributed by atoms with Gasteiger partial charge in [0.05, 0.1) is 12.2 Å². The maximum absolute atomic E-state index is 13.6. The number of hydrogen-bond donors (Lipinski definition) is 1. The second-order valence-electron chi connectivity index (χ2n) is 4.37. The zero-order chi connectivity index (χ0) is 16.3. The van der Waals surface area contributed by atoms with Gasteiger partial charge in [-0.2, -0.15) is 4.31 Å². The molecule has 1 aromatic carbocycles. The first-order valence-corrected chi connectivity index (χ1v) is 8.75. The number of thiophene rings is 1. The first-order chi connectivity index (χ1) is 10.3. The minimum Gasteiger partial charge on any atom is -0.322 e. The molecule has 0 fully saturated rings. The molecule has 0 atom stereocenters. The Labute approximate surface area is 136 Å². The Balaban J connectivity index is 2.06. The van der Waals surface area contributed by atoms with Crippen LogP contribution in [-0.2, 0) is 14.8 Å². The van der Waals surface area contributed by atoms with E-state index in [1.54, 1.807) is 11.4 Å². The third kappa shape index (κ3) is 3.83. The maximum Gasteiger partial charge on any atom is 0.252 e. The number of sulfonamides is 1. The van der Waals surface area contributed by atoms with Crippen LogP contribution in [0.5, 0.6) is 0 Å². The third-order valence-electron chi connectivity index (χ3n) is 2.73. The van der Waals surface area contributed by atoms with Gasteiger partial charge in [0, 0.05) is 12.1 Å². The fraction of sp³-hybridized carbons (Fsp3) is 0.154. The molecule has 0 aliphatic carbocycles. The van der Waals surface area contributed by atoms with Crippen LogP contribution in [0.1, 0.15) is 0 Å². The van der Waals surface area contributed by atoms with E-state index in [4.69, 9.17) is 11.6 Å². The Morgan fingerprint density at radius 1 is 1.41 bits per heavy atom. The second kappa shape index (κ2) is 6.74. The maximum atomic E-state index is 13.6. The summed E-state index contributed by atoms with van der Waals surface area (Å²) in [7, 11) is -2.44. The predicted octanol–water partition coefficient (Wildman–Crippen LogP) is 2.80. The third-order valence-corrected chi connectivity index (χ3v) is 6.14. The molecule has 1 N–H and O–H groups in total. The highest BCUT2D eigenvalue weighted by molar-refractivity contribution is 7.91. The Morgan fingerprint density at radius 3 is 2.73 bits per heavy atom. The van der Waals surface area contributed by atoms with Gasteiger partial charge < -0.3 is 5.32 Å². The van der Waals surface area contributed by atoms with Crippen molar-refractivity contribution in [1.82, 2.24) is 4.31 Å². The number of halogens is 2. The molecule has 1 aromatic heterocycles. The van der Waals surface area contributed by atoms with Gasteiger partial charge in [0.2, 0.25) is 5.91 Å². The van der Waals surface area contributed by atoms with E-state index in [0.717, 1.165) is 21.7 Å². The summed E-state index contributed by atoms with van der Waals surface area (Å²) in [6.07, 6.45) is 0. The summed E-state index contributed by atoms with van der Waals surface area (Å²) in [4.78, 5) is 11.9. The van der Waals surface area contributed by atoms with E-state index in [-0.39, 0.29) is 14.9 Å². The molecular formula is C13H12ClFN2O3S2. The number of nitrogens with zero attached hydrogens (tertiary/aromatic N) is 1. The SMILES string of the molecule is CN(CC(=O)Nc1ccc(Cl)cc1F)S(=O)(=O)c1cccs1. The first kappa shape index (κ1) is 16.9. The number of likely N-dealkylation sites (N-methyl/N-ethyl adjacent to an activating group) is 1. The largest absolute Gasteiger partial charge is 0.322 e. The molecule has 0 aliphatic rings. The van der Waals surface area contributed by atoms with Crippen molar-refractivity contribution in [2.45, 2.75) is 4.21 Å². The fourth-order valence-corrected chi connectivity index (χ4v) is 4.12. The van der Waals surface area contributed by atoms with Crippen LogP contribution in [0.25, 0.3) is 0 Å². The van der Waals surface area contributed by atoms with E-state index in [2.05, 4.69) is 5.32 Å². The molecule has 22 heavy (non-hydrogen) atoms. The lowest BCUT2D eigenvalue weighted by molar-refractivity contribution is -0.116. The number of hydrogen-bond acceptors (Lipinski definition) is 4. The second-order valence-corrected chi connectivity index (χ2v) is 8.02. The first-order valence-electron chi connectivity index (χ1n) is 6.05. The van der Waals surface area contributed by atoms with Crippen molar-refractivity contribution < 1.29 is 17.6 Å². The lowest BCUT2D eigenvalue weighted by atomic mass is 10.3. The Hall–Kier alpha value is -1.48. The molecule has 2 aromatic rings. The van der Waals surface area contributed by atoms with Crippen LogP contribution >= 0.6 is 22.9 Å². The molecule has 0 spiro atoms. The number of rotatable bonds is 5. The average Bonchev–Trinajstić information content (AvgIpc) is 2.96. The Bertz CT molecular complexity index is 779. The highest BCUT2D eigenvalue weighted by Crippen LogP contribution is 2.21. The number of carbonyl (C=O) groups excluding carboxylic acids is 1. The number of anilines is 1. The molecule has 2 rings (SSSR count). The normalized spacial score (nSPS) is 11.6. The summed E-state index contributed by atoms with van der Waals surface area (Å²) in [5.74, 6) is -1.34. The van der Waals surface area contributed by atoms with Crippen LogP contribution in [-0.4, -0.2) is 32.2 Å². The molecule has 0 aliphatic heterocycles. The topological polar surface area (TPSA) is 66.5 Å². The average molecular weight is 363 g/mol. The van der Waals surface area contributed by atoms with Crippen LogP contribution in [0, 0.1) is 5.82 Å². The zero-order valence-electron chi connectivity index (χ0n) is 11.4. The number of amides is 1. The van der Waals surface area contributed by atoms with Gasteiger partial charge in [-0.3, -0.25) is 4.79 Å². The van der Waals surface area contributed by atoms with Crippen molar-refractivity contribution in [3.8, 4) is 0 Å². The Kier molecular flexibility index (Phi) is 5.17. The lowest BCUT2D eigenvalue weighted by Crippen LogP contribution is -2.34. The van der Waals surface area contributed by atoms with Crippen molar-refractivity contribution in [1.29, 1.82) is 0 Å². The monoisotopic (exact) mass is 362 g/mol. The number of carbonyl (C=O) groups is 1. The summed E-state index contributed by atoms with van der Waals surface area (Å²) in [5.41, 5.74) is -0.0590. The molecule has 5 nitrogen and oxygen atoms in total. The molecule has 0 radical (unpaired) electrons. The summed E-state index contributed by atoms with van der Waals surface area (Å²) in [6, 6.07) is 6.85. The van der Waals surface area contributed by atoms with Gasteiger partial charge >= 0.3 is 0 Å². The van der Waals surface area contributed by atoms with Crippen LogP contribution in [0.2, 0.25) is 5.02 Å². The highest BCUT2D eigenvalue weighted by Gasteiger charge is 2.24. The van der Waals surface area contributed by atoms with E-state index >= 15 is 0 Å². The molecule has 9 heteroatoms. The van der Waals surface area contributed by atoms with Gasteiger partial charge in [-0.25, -0.2) is 12.8 Å². The van der Waals surface area contributed by atoms with Crippen molar-refractivity contribution >= 4 is 44.6 Å². The van der Waals surface area contributed by atoms with Crippen molar-refractivity contribution in [2.24, 2.45) is 0 Å². The molecule has 1 heterocycles. The van der Waals surface area contributed by atoms with E-state index < -0.39 is 28.3 Å². The van der Waals surface area contributed by atoms with Gasteiger partial charge in [-0.1, -0.05) is 17.7 Å². The van der Waals surface area contributed by atoms with Crippen molar-refractivity contribution in [2.75, 3.05) is 18.9 Å². The van der Waals surface area contributed by atoms with E-state index in [0.29, 0.717) is 0 Å². The molecule has 0 bridgehead atoms. The molecule has 0 saturated heterocycles. The summed E-state index contributed by atoms with van der Waals surface area (Å²) < 4.78 is 38.9. The fourth-order valence-electron chi connectivity index (χ4n) is 1.63. The van der Waals surface area contributed by atoms with E-state index in [9.17, 15) is 17.6 Å². The van der Waals surface area contributed by atoms with Gasteiger partial charge in [-0.15, -0.1) is 11.3 Å². The van der Waals surface area contributed by atoms with Crippen molar-refractivity contribution in [3.05, 3.63) is 46.6 Å². The van der Waals surface area contributed by atoms with Crippen LogP contribution in [0.15, 0.2) is 39.9 Å². The zero-order valence-corrected chi connectivity index (χ0v) is 13.8. The lowest BCUT2D eigenvalue weighted by Gasteiger charge is -2.15. The van der Waals surface area contributed by atoms with Gasteiger partial charge in [0.15, 0.2) is 0 Å². The smallest absolute Gasteiger partial charge is 0.252 e. The van der Waals surface area contributed by atoms with Gasteiger partial charge in [0.1, 0.15) is 10.0 Å². The summed E-state index contributed by atoms with van der Waals surface area (Å²) >= 11 is 6.67. The minimum atomic E-state index is -3.72. The summed E-state index contributed by atoms with van der Waals surface area (Å²) in [6.45, 7) is -0.428.